The van der Waals surface area contributed by atoms with Crippen molar-refractivity contribution in [1.29, 1.82) is 0 Å². The highest BCUT2D eigenvalue weighted by Gasteiger charge is 2.19. The molecule has 7 nitrogen and oxygen atoms in total. The number of methoxy groups -OCH3 is 1. The van der Waals surface area contributed by atoms with Crippen LogP contribution in [-0.2, 0) is 10.0 Å². The van der Waals surface area contributed by atoms with Gasteiger partial charge in [0.1, 0.15) is 5.75 Å². The first-order chi connectivity index (χ1) is 15.7. The lowest BCUT2D eigenvalue weighted by Crippen LogP contribution is -2.34. The molecule has 0 aliphatic carbocycles. The summed E-state index contributed by atoms with van der Waals surface area (Å²) >= 11 is 6.06. The van der Waals surface area contributed by atoms with Gasteiger partial charge >= 0.3 is 0 Å². The molecule has 1 amide bonds. The monoisotopic (exact) mass is 487 g/mol. The molecule has 9 heteroatoms. The van der Waals surface area contributed by atoms with Gasteiger partial charge in [-0.15, -0.1) is 0 Å². The van der Waals surface area contributed by atoms with Crippen LogP contribution in [0.1, 0.15) is 22.0 Å². The van der Waals surface area contributed by atoms with Crippen molar-refractivity contribution in [2.75, 3.05) is 32.5 Å². The Labute approximate surface area is 199 Å². The van der Waals surface area contributed by atoms with Crippen LogP contribution >= 0.6 is 11.6 Å². The number of nitrogens with one attached hydrogen (secondary N) is 2. The largest absolute Gasteiger partial charge is 0.497 e. The summed E-state index contributed by atoms with van der Waals surface area (Å²) in [6, 6.07) is 20.0. The van der Waals surface area contributed by atoms with E-state index in [0.29, 0.717) is 6.54 Å². The number of carbonyl (C=O) groups excluding carboxylic acids is 1. The van der Waals surface area contributed by atoms with Gasteiger partial charge in [-0.05, 0) is 62.1 Å². The van der Waals surface area contributed by atoms with Crippen molar-refractivity contribution in [3.05, 3.63) is 88.9 Å². The van der Waals surface area contributed by atoms with Gasteiger partial charge in [0.05, 0.1) is 28.8 Å². The van der Waals surface area contributed by atoms with Gasteiger partial charge in [0.25, 0.3) is 15.9 Å². The van der Waals surface area contributed by atoms with Gasteiger partial charge in [-0.1, -0.05) is 41.9 Å². The average molecular weight is 488 g/mol. The van der Waals surface area contributed by atoms with E-state index in [1.54, 1.807) is 37.4 Å². The van der Waals surface area contributed by atoms with E-state index >= 15 is 0 Å². The molecule has 3 aromatic carbocycles. The molecular weight excluding hydrogens is 462 g/mol. The van der Waals surface area contributed by atoms with Crippen LogP contribution in [0.5, 0.6) is 5.75 Å². The average Bonchev–Trinajstić information content (AvgIpc) is 2.81. The number of likely N-dealkylation sites (N-methyl/N-ethyl adjacent to an activating group) is 1. The van der Waals surface area contributed by atoms with Crippen LogP contribution in [0.4, 0.5) is 5.69 Å². The summed E-state index contributed by atoms with van der Waals surface area (Å²) < 4.78 is 33.3. The van der Waals surface area contributed by atoms with Crippen LogP contribution in [0, 0.1) is 0 Å². The number of para-hydroxylation sites is 1. The second-order valence-electron chi connectivity index (χ2n) is 7.58. The minimum Gasteiger partial charge on any atom is -0.497 e. The molecule has 0 aromatic heterocycles. The summed E-state index contributed by atoms with van der Waals surface area (Å²) in [6.45, 7) is 0.340. The van der Waals surface area contributed by atoms with Crippen molar-refractivity contribution in [3.8, 4) is 5.75 Å². The number of carbonyl (C=O) groups is 1. The number of hydrogen-bond acceptors (Lipinski definition) is 5. The molecule has 0 saturated heterocycles. The fourth-order valence-corrected chi connectivity index (χ4v) is 4.63. The number of halogens is 1. The summed E-state index contributed by atoms with van der Waals surface area (Å²) in [5, 5.41) is 3.18. The van der Waals surface area contributed by atoms with E-state index in [1.165, 1.54) is 18.2 Å². The van der Waals surface area contributed by atoms with Crippen molar-refractivity contribution in [1.82, 2.24) is 10.2 Å². The number of ether oxygens (including phenoxy) is 1. The van der Waals surface area contributed by atoms with Gasteiger partial charge < -0.3 is 15.0 Å². The third-order valence-electron chi connectivity index (χ3n) is 5.10. The number of sulfonamides is 1. The number of benzene rings is 3. The van der Waals surface area contributed by atoms with Gasteiger partial charge in [-0.3, -0.25) is 9.52 Å². The zero-order valence-electron chi connectivity index (χ0n) is 18.6. The van der Waals surface area contributed by atoms with Crippen molar-refractivity contribution in [3.63, 3.8) is 0 Å². The van der Waals surface area contributed by atoms with Gasteiger partial charge in [-0.25, -0.2) is 8.42 Å². The van der Waals surface area contributed by atoms with E-state index < -0.39 is 10.0 Å². The van der Waals surface area contributed by atoms with Crippen LogP contribution in [0.3, 0.4) is 0 Å². The fraction of sp³-hybridized carbons (Fsp3) is 0.208. The Balaban J connectivity index is 1.73. The van der Waals surface area contributed by atoms with Crippen LogP contribution in [-0.4, -0.2) is 47.0 Å². The predicted molar refractivity (Wildman–Crippen MR) is 130 cm³/mol. The Morgan fingerprint density at radius 2 is 1.73 bits per heavy atom. The van der Waals surface area contributed by atoms with E-state index in [1.807, 2.05) is 43.3 Å². The van der Waals surface area contributed by atoms with E-state index in [0.717, 1.165) is 11.3 Å². The summed E-state index contributed by atoms with van der Waals surface area (Å²) in [7, 11) is 1.54. The van der Waals surface area contributed by atoms with E-state index in [4.69, 9.17) is 16.3 Å². The second-order valence-corrected chi connectivity index (χ2v) is 9.67. The van der Waals surface area contributed by atoms with Crippen LogP contribution in [0.15, 0.2) is 77.7 Å². The smallest absolute Gasteiger partial charge is 0.261 e. The van der Waals surface area contributed by atoms with Crippen molar-refractivity contribution < 1.29 is 17.9 Å². The number of anilines is 1. The minimum atomic E-state index is -3.92. The first-order valence-corrected chi connectivity index (χ1v) is 12.0. The molecule has 3 aromatic rings. The Kier molecular flexibility index (Phi) is 7.97. The standard InChI is InChI=1S/C24H26ClN3O4S/c1-28(2)23(17-11-13-19(32-3)14-12-17)16-26-24(29)18-7-6-8-20(15-18)33(30,31)27-22-10-5-4-9-21(22)25/h4-15,23,27H,16H2,1-3H3,(H,26,29). The Morgan fingerprint density at radius 1 is 1.03 bits per heavy atom. The van der Waals surface area contributed by atoms with E-state index in [9.17, 15) is 13.2 Å². The summed E-state index contributed by atoms with van der Waals surface area (Å²) in [6.07, 6.45) is 0. The molecule has 0 heterocycles. The third kappa shape index (κ3) is 6.25. The second kappa shape index (κ2) is 10.7. The highest BCUT2D eigenvalue weighted by atomic mass is 35.5. The van der Waals surface area contributed by atoms with Crippen LogP contribution < -0.4 is 14.8 Å². The molecular formula is C24H26ClN3O4S. The van der Waals surface area contributed by atoms with E-state index in [2.05, 4.69) is 10.0 Å². The lowest BCUT2D eigenvalue weighted by atomic mass is 10.1. The maximum atomic E-state index is 12.8. The molecule has 174 valence electrons. The molecule has 2 N–H and O–H groups in total. The number of rotatable bonds is 9. The molecule has 0 bridgehead atoms. The maximum absolute atomic E-state index is 12.8. The molecule has 0 aliphatic rings. The summed E-state index contributed by atoms with van der Waals surface area (Å²) in [5.41, 5.74) is 1.52. The normalized spacial score (nSPS) is 12.3. The molecule has 0 spiro atoms. The van der Waals surface area contributed by atoms with Crippen molar-refractivity contribution in [2.45, 2.75) is 10.9 Å². The summed E-state index contributed by atoms with van der Waals surface area (Å²) in [4.78, 5) is 14.8. The Morgan fingerprint density at radius 3 is 2.36 bits per heavy atom. The molecule has 0 aliphatic heterocycles. The molecule has 1 atom stereocenters. The summed E-state index contributed by atoms with van der Waals surface area (Å²) in [5.74, 6) is 0.383. The highest BCUT2D eigenvalue weighted by molar-refractivity contribution is 7.92. The molecule has 3 rings (SSSR count). The molecule has 1 unspecified atom stereocenters. The minimum absolute atomic E-state index is 0.0330. The lowest BCUT2D eigenvalue weighted by Gasteiger charge is -2.25. The van der Waals surface area contributed by atoms with Crippen molar-refractivity contribution in [2.24, 2.45) is 0 Å². The topological polar surface area (TPSA) is 87.7 Å². The van der Waals surface area contributed by atoms with Gasteiger partial charge in [0.2, 0.25) is 0 Å². The van der Waals surface area contributed by atoms with Crippen LogP contribution in [0.2, 0.25) is 5.02 Å². The van der Waals surface area contributed by atoms with Crippen molar-refractivity contribution >= 4 is 33.2 Å². The quantitative estimate of drug-likeness (QED) is 0.472. The fourth-order valence-electron chi connectivity index (χ4n) is 3.27. The lowest BCUT2D eigenvalue weighted by molar-refractivity contribution is 0.0941. The number of hydrogen-bond donors (Lipinski definition) is 2. The van der Waals surface area contributed by atoms with E-state index in [-0.39, 0.29) is 33.1 Å². The zero-order valence-corrected chi connectivity index (χ0v) is 20.2. The van der Waals surface area contributed by atoms with Gasteiger partial charge in [0, 0.05) is 12.1 Å². The predicted octanol–water partition coefficient (Wildman–Crippen LogP) is 4.18. The van der Waals surface area contributed by atoms with Gasteiger partial charge in [-0.2, -0.15) is 0 Å². The number of amides is 1. The zero-order chi connectivity index (χ0) is 24.0. The molecule has 0 radical (unpaired) electrons. The Bertz CT molecular complexity index is 1210. The third-order valence-corrected chi connectivity index (χ3v) is 6.80. The maximum Gasteiger partial charge on any atom is 0.261 e. The Hall–Kier alpha value is -3.07. The van der Waals surface area contributed by atoms with Gasteiger partial charge in [0.15, 0.2) is 0 Å². The first-order valence-electron chi connectivity index (χ1n) is 10.2. The highest BCUT2D eigenvalue weighted by Crippen LogP contribution is 2.25. The van der Waals surface area contributed by atoms with Crippen LogP contribution in [0.25, 0.3) is 0 Å². The molecule has 0 saturated carbocycles. The number of nitrogens with zero attached hydrogens (tertiary/aromatic N) is 1. The SMILES string of the molecule is COc1ccc(C(CNC(=O)c2cccc(S(=O)(=O)Nc3ccccc3Cl)c2)N(C)C)cc1. The first kappa shape index (κ1) is 24.6. The molecule has 33 heavy (non-hydrogen) atoms. The molecule has 0 fully saturated rings.